The van der Waals surface area contributed by atoms with E-state index < -0.39 is 8.69 Å². The fourth-order valence-electron chi connectivity index (χ4n) is 0. The minimum absolute atomic E-state index is 0. The van der Waals surface area contributed by atoms with Crippen molar-refractivity contribution >= 4 is 66.9 Å². The molecule has 0 aromatic heterocycles. The van der Waals surface area contributed by atoms with Crippen molar-refractivity contribution in [1.29, 1.82) is 0 Å². The van der Waals surface area contributed by atoms with Crippen molar-refractivity contribution in [2.24, 2.45) is 0 Å². The van der Waals surface area contributed by atoms with Gasteiger partial charge in [-0.25, -0.2) is 0 Å². The predicted molar refractivity (Wildman–Crippen MR) is 17.0 cm³/mol. The molecule has 0 saturated heterocycles. The van der Waals surface area contributed by atoms with Crippen LogP contribution in [0.3, 0.4) is 0 Å². The molecule has 0 aromatic rings. The summed E-state index contributed by atoms with van der Waals surface area (Å²) in [4.78, 5) is 7.04. The van der Waals surface area contributed by atoms with Gasteiger partial charge < -0.3 is 0 Å². The third-order valence-corrected chi connectivity index (χ3v) is 0. The maximum atomic E-state index is 8.51. The first-order valence-electron chi connectivity index (χ1n) is 0.428. The Bertz CT molecular complexity index is 13.5. The summed E-state index contributed by atoms with van der Waals surface area (Å²) in [6.07, 6.45) is 0. The van der Waals surface area contributed by atoms with E-state index in [4.69, 9.17) is 9.46 Å². The van der Waals surface area contributed by atoms with Gasteiger partial charge in [0.05, 0.1) is 0 Å². The normalized spacial score (nSPS) is 5.25. The molecule has 1 unspecified atom stereocenters. The predicted octanol–water partition coefficient (Wildman–Crippen LogP) is -0.463. The summed E-state index contributed by atoms with van der Waals surface area (Å²) in [5.41, 5.74) is 0. The fourth-order valence-corrected chi connectivity index (χ4v) is 0. The second kappa shape index (κ2) is 8.85. The number of rotatable bonds is 0. The van der Waals surface area contributed by atoms with Crippen LogP contribution in [-0.2, 0) is 4.57 Å². The summed E-state index contributed by atoms with van der Waals surface area (Å²) >= 11 is 0. The summed E-state index contributed by atoms with van der Waals surface area (Å²) in [5.74, 6) is 0. The molecule has 0 spiro atoms. The quantitative estimate of drug-likeness (QED) is 0.475. The molecule has 0 fully saturated rings. The molecule has 0 aromatic carbocycles. The standard InChI is InChI=1S/HO2P.Rb/c1-3-2;/h3H;/p+1. The fraction of sp³-hybridized carbons (Fsp3) is 0. The van der Waals surface area contributed by atoms with Crippen molar-refractivity contribution in [3.8, 4) is 0 Å². The van der Waals surface area contributed by atoms with E-state index in [0.717, 1.165) is 0 Å². The van der Waals surface area contributed by atoms with Crippen molar-refractivity contribution in [2.75, 3.05) is 0 Å². The Morgan fingerprint density at radius 2 is 1.75 bits per heavy atom. The Balaban J connectivity index is 0. The average Bonchev–Trinajstić information content (AvgIpc) is 0.918. The van der Waals surface area contributed by atoms with Crippen LogP contribution >= 0.6 is 8.69 Å². The van der Waals surface area contributed by atoms with Crippen LogP contribution < -0.4 is 0 Å². The van der Waals surface area contributed by atoms with Crippen molar-refractivity contribution < 1.29 is 9.46 Å². The molecule has 1 N–H and O–H groups in total. The molecule has 4 heavy (non-hydrogen) atoms. The van der Waals surface area contributed by atoms with E-state index in [-0.39, 0.29) is 58.2 Å². The molecular weight excluding hydrogens is 148 g/mol. The van der Waals surface area contributed by atoms with Gasteiger partial charge in [0.15, 0.2) is 0 Å². The van der Waals surface area contributed by atoms with Crippen LogP contribution in [0.4, 0.5) is 0 Å². The van der Waals surface area contributed by atoms with Gasteiger partial charge in [-0.15, -0.1) is 0 Å². The zero-order valence-corrected chi connectivity index (χ0v) is 8.27. The second-order valence-electron chi connectivity index (χ2n) is 0.0913. The third kappa shape index (κ3) is 9.12. The molecule has 0 aliphatic carbocycles. The Hall–Kier alpha value is 1.87. The molecular formula is H2O2PRb+. The van der Waals surface area contributed by atoms with Crippen LogP contribution in [0.5, 0.6) is 0 Å². The van der Waals surface area contributed by atoms with Crippen LogP contribution in [0.2, 0.25) is 0 Å². The van der Waals surface area contributed by atoms with E-state index in [0.29, 0.717) is 0 Å². The molecule has 0 rings (SSSR count). The van der Waals surface area contributed by atoms with Gasteiger partial charge in [-0.2, -0.15) is 4.89 Å². The SMILES string of the molecule is O=[PH+]O.[Rb]. The van der Waals surface area contributed by atoms with E-state index in [2.05, 4.69) is 0 Å². The summed E-state index contributed by atoms with van der Waals surface area (Å²) < 4.78 is 8.51. The molecule has 0 bridgehead atoms. The zero-order valence-electron chi connectivity index (χ0n) is 2.36. The van der Waals surface area contributed by atoms with Gasteiger partial charge in [0, 0.05) is 58.2 Å². The molecule has 0 aliphatic rings. The average molecular weight is 150 g/mol. The Kier molecular flexibility index (Phi) is 20.6. The Labute approximate surface area is 74.7 Å². The molecule has 1 atom stereocenters. The van der Waals surface area contributed by atoms with Gasteiger partial charge in [-0.1, -0.05) is 0 Å². The monoisotopic (exact) mass is 150 g/mol. The van der Waals surface area contributed by atoms with Gasteiger partial charge in [0.25, 0.3) is 0 Å². The molecule has 2 nitrogen and oxygen atoms in total. The molecule has 0 amide bonds. The van der Waals surface area contributed by atoms with Crippen molar-refractivity contribution in [3.05, 3.63) is 0 Å². The van der Waals surface area contributed by atoms with Gasteiger partial charge in [-0.3, -0.25) is 0 Å². The summed E-state index contributed by atoms with van der Waals surface area (Å²) in [6.45, 7) is 0. The van der Waals surface area contributed by atoms with E-state index in [9.17, 15) is 0 Å². The molecule has 4 heteroatoms. The third-order valence-electron chi connectivity index (χ3n) is 0. The van der Waals surface area contributed by atoms with E-state index in [1.807, 2.05) is 0 Å². The first-order valence-corrected chi connectivity index (χ1v) is 1.28. The minimum atomic E-state index is -1.17. The van der Waals surface area contributed by atoms with E-state index >= 15 is 0 Å². The van der Waals surface area contributed by atoms with Crippen LogP contribution in [0, 0.1) is 0 Å². The molecule has 0 aliphatic heterocycles. The van der Waals surface area contributed by atoms with E-state index in [1.165, 1.54) is 0 Å². The molecule has 19 valence electrons. The topological polar surface area (TPSA) is 37.3 Å². The second-order valence-corrected chi connectivity index (χ2v) is 0.274. The van der Waals surface area contributed by atoms with Gasteiger partial charge in [0.2, 0.25) is 0 Å². The van der Waals surface area contributed by atoms with Gasteiger partial charge >= 0.3 is 8.69 Å². The Morgan fingerprint density at radius 1 is 1.75 bits per heavy atom. The maximum absolute atomic E-state index is 8.51. The van der Waals surface area contributed by atoms with Crippen molar-refractivity contribution in [3.63, 3.8) is 0 Å². The number of hydrogen-bond acceptors (Lipinski definition) is 1. The van der Waals surface area contributed by atoms with Crippen LogP contribution in [0.15, 0.2) is 0 Å². The first-order chi connectivity index (χ1) is 1.41. The van der Waals surface area contributed by atoms with Gasteiger partial charge in [-0.05, 0) is 4.57 Å². The first kappa shape index (κ1) is 9.29. The van der Waals surface area contributed by atoms with Crippen molar-refractivity contribution in [2.45, 2.75) is 0 Å². The summed E-state index contributed by atoms with van der Waals surface area (Å²) in [6, 6.07) is 0. The zero-order chi connectivity index (χ0) is 2.71. The van der Waals surface area contributed by atoms with Crippen LogP contribution in [0.25, 0.3) is 0 Å². The van der Waals surface area contributed by atoms with E-state index in [1.54, 1.807) is 0 Å². The smallest absolute Gasteiger partial charge is 0.162 e. The van der Waals surface area contributed by atoms with Gasteiger partial charge in [0.1, 0.15) is 0 Å². The molecule has 0 saturated carbocycles. The largest absolute Gasteiger partial charge is 0.491 e. The van der Waals surface area contributed by atoms with Crippen LogP contribution in [0.1, 0.15) is 0 Å². The molecule has 1 radical (unpaired) electrons. The Morgan fingerprint density at radius 3 is 1.75 bits per heavy atom. The summed E-state index contributed by atoms with van der Waals surface area (Å²) in [5, 5.41) is 0. The molecule has 0 heterocycles. The minimum Gasteiger partial charge on any atom is -0.162 e. The maximum Gasteiger partial charge on any atom is 0.491 e. The van der Waals surface area contributed by atoms with Crippen LogP contribution in [-0.4, -0.2) is 63.1 Å². The van der Waals surface area contributed by atoms with Crippen molar-refractivity contribution in [1.82, 2.24) is 0 Å². The summed E-state index contributed by atoms with van der Waals surface area (Å²) in [7, 11) is -1.17. The number of hydrogen-bond donors (Lipinski definition) is 1.